The fraction of sp³-hybridized carbons (Fsp3) is 0.429. The largest absolute Gasteiger partial charge is 1.00 e. The second-order valence-electron chi connectivity index (χ2n) is 6.66. The minimum absolute atomic E-state index is 0. The standard InChI is InChI=1S/C21H28O5S.Na/c1-2-3-4-5-6-7-8-10-17-11-9-12-20(22)21(17)26-18-13-15-19(16-14-18)27(23,24)25;/h9,11-16,22H,2-8,10H2,1H3,(H,23,24,25);/q;+1/p-1. The molecule has 1 N–H and O–H groups in total. The smallest absolute Gasteiger partial charge is 0.870 e. The van der Waals surface area contributed by atoms with Gasteiger partial charge in [-0.25, -0.2) is 0 Å². The predicted molar refractivity (Wildman–Crippen MR) is 104 cm³/mol. The molecule has 5 nitrogen and oxygen atoms in total. The summed E-state index contributed by atoms with van der Waals surface area (Å²) in [5, 5.41) is 12.2. The summed E-state index contributed by atoms with van der Waals surface area (Å²) in [6.45, 7) is 2.20. The Labute approximate surface area is 190 Å². The Morgan fingerprint density at radius 2 is 1.54 bits per heavy atom. The number of benzene rings is 2. The van der Waals surface area contributed by atoms with Crippen molar-refractivity contribution in [3.8, 4) is 17.2 Å². The minimum atomic E-state index is -4.25. The molecule has 0 aliphatic carbocycles. The zero-order chi connectivity index (χ0) is 19.7. The van der Waals surface area contributed by atoms with Crippen molar-refractivity contribution in [2.45, 2.75) is 63.2 Å². The molecular formula is C21H27NaO5S. The molecule has 0 unspecified atom stereocenters. The van der Waals surface area contributed by atoms with Gasteiger partial charge in [0.1, 0.15) is 11.5 Å². The molecule has 0 aromatic heterocycles. The summed E-state index contributed by atoms with van der Waals surface area (Å²) in [7, 11) is -4.25. The van der Waals surface area contributed by atoms with Crippen LogP contribution in [-0.2, 0) is 16.5 Å². The molecule has 0 heterocycles. The second kappa shape index (κ2) is 12.5. The van der Waals surface area contributed by atoms with Crippen LogP contribution in [0.25, 0.3) is 0 Å². The number of unbranched alkanes of at least 4 members (excludes halogenated alkanes) is 6. The van der Waals surface area contributed by atoms with Gasteiger partial charge in [-0.05, 0) is 42.7 Å². The fourth-order valence-corrected chi connectivity index (χ4v) is 3.42. The summed E-state index contributed by atoms with van der Waals surface area (Å²) in [6.07, 6.45) is 9.13. The fourth-order valence-electron chi connectivity index (χ4n) is 2.94. The van der Waals surface area contributed by atoms with Gasteiger partial charge in [-0.3, -0.25) is 4.55 Å². The van der Waals surface area contributed by atoms with Crippen molar-refractivity contribution in [3.05, 3.63) is 48.0 Å². The third-order valence-corrected chi connectivity index (χ3v) is 5.32. The van der Waals surface area contributed by atoms with Crippen LogP contribution in [0.2, 0.25) is 0 Å². The first-order valence-corrected chi connectivity index (χ1v) is 10.9. The average molecular weight is 414 g/mol. The zero-order valence-electron chi connectivity index (χ0n) is 16.7. The summed E-state index contributed by atoms with van der Waals surface area (Å²) in [4.78, 5) is -0.214. The van der Waals surface area contributed by atoms with E-state index in [9.17, 15) is 13.5 Å². The number of hydrogen-bond donors (Lipinski definition) is 1. The molecule has 0 spiro atoms. The van der Waals surface area contributed by atoms with E-state index in [1.54, 1.807) is 6.07 Å². The third kappa shape index (κ3) is 8.13. The molecule has 0 saturated heterocycles. The number of para-hydroxylation sites is 1. The Bertz CT molecular complexity index is 819. The van der Waals surface area contributed by atoms with Gasteiger partial charge in [0.2, 0.25) is 0 Å². The van der Waals surface area contributed by atoms with Crippen LogP contribution in [0, 0.1) is 0 Å². The Morgan fingerprint density at radius 3 is 2.14 bits per heavy atom. The molecule has 0 bridgehead atoms. The summed E-state index contributed by atoms with van der Waals surface area (Å²) in [5.74, 6) is 0.434. The van der Waals surface area contributed by atoms with E-state index in [-0.39, 0.29) is 46.0 Å². The summed E-state index contributed by atoms with van der Waals surface area (Å²) in [6, 6.07) is 10.4. The van der Waals surface area contributed by atoms with E-state index in [1.807, 2.05) is 6.07 Å². The first kappa shape index (κ1) is 25.0. The molecule has 2 aromatic rings. The van der Waals surface area contributed by atoms with Gasteiger partial charge in [-0.15, -0.1) is 0 Å². The van der Waals surface area contributed by atoms with Crippen LogP contribution in [-0.4, -0.2) is 13.0 Å². The summed E-state index contributed by atoms with van der Waals surface area (Å²) in [5.41, 5.74) is 0.856. The van der Waals surface area contributed by atoms with E-state index in [0.717, 1.165) is 24.8 Å². The van der Waals surface area contributed by atoms with Gasteiger partial charge in [-0.1, -0.05) is 69.4 Å². The van der Waals surface area contributed by atoms with Gasteiger partial charge in [0.15, 0.2) is 0 Å². The average Bonchev–Trinajstić information content (AvgIpc) is 2.63. The topological polar surface area (TPSA) is 86.7 Å². The van der Waals surface area contributed by atoms with Gasteiger partial charge in [0.25, 0.3) is 10.1 Å². The maximum Gasteiger partial charge on any atom is 1.00 e. The van der Waals surface area contributed by atoms with E-state index < -0.39 is 10.1 Å². The van der Waals surface area contributed by atoms with Crippen LogP contribution in [0.3, 0.4) is 0 Å². The maximum atomic E-state index is 12.2. The van der Waals surface area contributed by atoms with Crippen LogP contribution in [0.4, 0.5) is 0 Å². The van der Waals surface area contributed by atoms with Crippen molar-refractivity contribution in [3.63, 3.8) is 0 Å². The van der Waals surface area contributed by atoms with Gasteiger partial charge in [-0.2, -0.15) is 8.42 Å². The van der Waals surface area contributed by atoms with Gasteiger partial charge < -0.3 is 9.84 Å². The van der Waals surface area contributed by atoms with E-state index in [2.05, 4.69) is 6.92 Å². The molecule has 0 radical (unpaired) electrons. The molecule has 148 valence electrons. The molecule has 0 aliphatic rings. The van der Waals surface area contributed by atoms with Crippen molar-refractivity contribution in [1.82, 2.24) is 0 Å². The molecule has 2 rings (SSSR count). The number of aryl methyl sites for hydroxylation is 1. The SMILES string of the molecule is CCCCCCCCCc1cccc([O-])c1Oc1ccc(S(=O)(=O)O)cc1.[Na+]. The van der Waals surface area contributed by atoms with Gasteiger partial charge in [0, 0.05) is 0 Å². The number of rotatable bonds is 11. The van der Waals surface area contributed by atoms with E-state index >= 15 is 0 Å². The summed E-state index contributed by atoms with van der Waals surface area (Å²) >= 11 is 0. The molecule has 7 heteroatoms. The Morgan fingerprint density at radius 1 is 0.929 bits per heavy atom. The van der Waals surface area contributed by atoms with Crippen LogP contribution in [0.5, 0.6) is 17.2 Å². The van der Waals surface area contributed by atoms with Crippen molar-refractivity contribution in [1.29, 1.82) is 0 Å². The van der Waals surface area contributed by atoms with Crippen LogP contribution in [0.1, 0.15) is 57.4 Å². The monoisotopic (exact) mass is 414 g/mol. The maximum absolute atomic E-state index is 12.2. The molecule has 28 heavy (non-hydrogen) atoms. The normalized spacial score (nSPS) is 11.1. The second-order valence-corrected chi connectivity index (χ2v) is 8.09. The van der Waals surface area contributed by atoms with Crippen LogP contribution in [0.15, 0.2) is 47.4 Å². The van der Waals surface area contributed by atoms with Gasteiger partial charge >= 0.3 is 29.6 Å². The third-order valence-electron chi connectivity index (χ3n) is 4.45. The van der Waals surface area contributed by atoms with E-state index in [4.69, 9.17) is 9.29 Å². The molecule has 0 saturated carbocycles. The number of hydrogen-bond acceptors (Lipinski definition) is 4. The summed E-state index contributed by atoms with van der Waals surface area (Å²) < 4.78 is 37.0. The minimum Gasteiger partial charge on any atom is -0.870 e. The molecule has 2 aromatic carbocycles. The molecular weight excluding hydrogens is 387 g/mol. The van der Waals surface area contributed by atoms with Gasteiger partial charge in [0.05, 0.1) is 4.90 Å². The zero-order valence-corrected chi connectivity index (χ0v) is 19.5. The van der Waals surface area contributed by atoms with E-state index in [0.29, 0.717) is 5.75 Å². The van der Waals surface area contributed by atoms with Crippen molar-refractivity contribution >= 4 is 10.1 Å². The quantitative estimate of drug-likeness (QED) is 0.346. The molecule has 0 atom stereocenters. The predicted octanol–water partition coefficient (Wildman–Crippen LogP) is 2.10. The molecule has 0 fully saturated rings. The molecule has 0 amide bonds. The van der Waals surface area contributed by atoms with Crippen LogP contribution >= 0.6 is 0 Å². The van der Waals surface area contributed by atoms with Crippen LogP contribution < -0.4 is 39.4 Å². The van der Waals surface area contributed by atoms with E-state index in [1.165, 1.54) is 62.4 Å². The number of ether oxygens (including phenoxy) is 1. The Kier molecular flexibility index (Phi) is 11.2. The first-order valence-electron chi connectivity index (χ1n) is 9.46. The Balaban J connectivity index is 0.00000392. The van der Waals surface area contributed by atoms with Crippen molar-refractivity contribution in [2.24, 2.45) is 0 Å². The van der Waals surface area contributed by atoms with Crippen molar-refractivity contribution in [2.75, 3.05) is 0 Å². The molecule has 0 aliphatic heterocycles. The van der Waals surface area contributed by atoms with Crippen molar-refractivity contribution < 1.29 is 52.4 Å². The first-order chi connectivity index (χ1) is 12.9. The Hall–Kier alpha value is -1.05.